The van der Waals surface area contributed by atoms with Gasteiger partial charge in [0.2, 0.25) is 0 Å². The molecule has 1 saturated heterocycles. The van der Waals surface area contributed by atoms with Crippen LogP contribution in [0.2, 0.25) is 0 Å². The van der Waals surface area contributed by atoms with E-state index in [2.05, 4.69) is 31.2 Å². The molecule has 0 bridgehead atoms. The van der Waals surface area contributed by atoms with Crippen LogP contribution in [0.5, 0.6) is 0 Å². The third kappa shape index (κ3) is 14.9. The molecule has 190 valence electrons. The van der Waals surface area contributed by atoms with Gasteiger partial charge < -0.3 is 14.6 Å². The largest absolute Gasteiger partial charge is 0.393 e. The van der Waals surface area contributed by atoms with Gasteiger partial charge in [0.05, 0.1) is 18.8 Å². The molecule has 1 aromatic carbocycles. The van der Waals surface area contributed by atoms with Crippen molar-refractivity contribution in [3.63, 3.8) is 0 Å². The van der Waals surface area contributed by atoms with Gasteiger partial charge in [-0.2, -0.15) is 0 Å². The predicted octanol–water partition coefficient (Wildman–Crippen LogP) is 8.23. The third-order valence-electron chi connectivity index (χ3n) is 7.15. The molecule has 3 nitrogen and oxygen atoms in total. The molecule has 3 heteroatoms. The first-order valence-corrected chi connectivity index (χ1v) is 14.2. The van der Waals surface area contributed by atoms with Crippen LogP contribution < -0.4 is 0 Å². The molecule has 1 aromatic rings. The second-order valence-corrected chi connectivity index (χ2v) is 10.3. The zero-order valence-electron chi connectivity index (χ0n) is 21.5. The maximum atomic E-state index is 10.5. The van der Waals surface area contributed by atoms with Gasteiger partial charge in [-0.25, -0.2) is 0 Å². The quantitative estimate of drug-likeness (QED) is 0.188. The first-order valence-electron chi connectivity index (χ1n) is 14.2. The van der Waals surface area contributed by atoms with Crippen LogP contribution >= 0.6 is 0 Å². The molecule has 1 aliphatic rings. The van der Waals surface area contributed by atoms with Gasteiger partial charge >= 0.3 is 0 Å². The Labute approximate surface area is 204 Å². The molecule has 3 atom stereocenters. The summed E-state index contributed by atoms with van der Waals surface area (Å²) in [6.45, 7) is 4.65. The minimum Gasteiger partial charge on any atom is -0.393 e. The summed E-state index contributed by atoms with van der Waals surface area (Å²) in [6.07, 6.45) is 21.5. The summed E-state index contributed by atoms with van der Waals surface area (Å²) in [4.78, 5) is 0. The van der Waals surface area contributed by atoms with Crippen LogP contribution in [0.15, 0.2) is 30.3 Å². The number of aliphatic hydroxyl groups is 1. The summed E-state index contributed by atoms with van der Waals surface area (Å²) < 4.78 is 11.8. The molecule has 1 heterocycles. The van der Waals surface area contributed by atoms with Crippen molar-refractivity contribution in [1.82, 2.24) is 0 Å². The molecule has 0 amide bonds. The van der Waals surface area contributed by atoms with E-state index in [-0.39, 0.29) is 12.2 Å². The van der Waals surface area contributed by atoms with Crippen LogP contribution in [0.25, 0.3) is 0 Å². The van der Waals surface area contributed by atoms with E-state index < -0.39 is 0 Å². The molecule has 1 N–H and O–H groups in total. The Morgan fingerprint density at radius 3 is 2.18 bits per heavy atom. The normalized spacial score (nSPS) is 17.9. The van der Waals surface area contributed by atoms with Gasteiger partial charge in [0.25, 0.3) is 0 Å². The van der Waals surface area contributed by atoms with Crippen molar-refractivity contribution in [3.05, 3.63) is 35.9 Å². The lowest BCUT2D eigenvalue weighted by molar-refractivity contribution is 0.0401. The number of benzene rings is 1. The highest BCUT2D eigenvalue weighted by atomic mass is 16.5. The molecule has 33 heavy (non-hydrogen) atoms. The fourth-order valence-electron chi connectivity index (χ4n) is 5.01. The second-order valence-electron chi connectivity index (χ2n) is 10.3. The average molecular weight is 461 g/mol. The van der Waals surface area contributed by atoms with Crippen molar-refractivity contribution in [2.75, 3.05) is 13.2 Å². The van der Waals surface area contributed by atoms with Gasteiger partial charge in [0.15, 0.2) is 0 Å². The smallest absolute Gasteiger partial charge is 0.0717 e. The van der Waals surface area contributed by atoms with Crippen molar-refractivity contribution in [3.8, 4) is 0 Å². The van der Waals surface area contributed by atoms with E-state index in [4.69, 9.17) is 9.47 Å². The van der Waals surface area contributed by atoms with Gasteiger partial charge in [0, 0.05) is 13.2 Å². The van der Waals surface area contributed by atoms with Gasteiger partial charge in [-0.1, -0.05) is 108 Å². The maximum Gasteiger partial charge on any atom is 0.0717 e. The van der Waals surface area contributed by atoms with E-state index in [0.717, 1.165) is 45.3 Å². The highest BCUT2D eigenvalue weighted by Gasteiger charge is 2.20. The van der Waals surface area contributed by atoms with Crippen LogP contribution in [-0.2, 0) is 16.1 Å². The highest BCUT2D eigenvalue weighted by Crippen LogP contribution is 2.23. The molecule has 0 aliphatic carbocycles. The molecule has 0 radical (unpaired) electrons. The molecule has 0 spiro atoms. The Morgan fingerprint density at radius 1 is 0.879 bits per heavy atom. The van der Waals surface area contributed by atoms with Crippen LogP contribution in [0, 0.1) is 5.92 Å². The van der Waals surface area contributed by atoms with Gasteiger partial charge in [-0.05, 0) is 50.0 Å². The number of unbranched alkanes of at least 4 members (excludes halogenated alkanes) is 10. The van der Waals surface area contributed by atoms with Crippen LogP contribution in [-0.4, -0.2) is 30.5 Å². The Balaban J connectivity index is 1.58. The fourth-order valence-corrected chi connectivity index (χ4v) is 5.01. The van der Waals surface area contributed by atoms with Crippen LogP contribution in [0.1, 0.15) is 122 Å². The first-order chi connectivity index (χ1) is 16.3. The standard InChI is InChI=1S/C30H52O3/c1-2-3-4-5-6-7-8-9-10-11-13-19-28(26-32-25-27-17-14-12-15-18-27)21-22-29(31)24-30-20-16-23-33-30/h12,14-15,17-18,28-31H,2-11,13,16,19-26H2,1H3. The molecule has 1 aliphatic heterocycles. The lowest BCUT2D eigenvalue weighted by Gasteiger charge is -2.20. The zero-order valence-corrected chi connectivity index (χ0v) is 21.5. The number of hydrogen-bond acceptors (Lipinski definition) is 3. The Kier molecular flexibility index (Phi) is 16.7. The minimum atomic E-state index is -0.234. The Morgan fingerprint density at radius 2 is 1.55 bits per heavy atom. The summed E-state index contributed by atoms with van der Waals surface area (Å²) in [6, 6.07) is 10.5. The van der Waals surface area contributed by atoms with E-state index in [1.807, 2.05) is 6.07 Å². The maximum absolute atomic E-state index is 10.5. The van der Waals surface area contributed by atoms with Crippen molar-refractivity contribution in [2.45, 2.75) is 135 Å². The van der Waals surface area contributed by atoms with Gasteiger partial charge in [-0.15, -0.1) is 0 Å². The SMILES string of the molecule is CCCCCCCCCCCCCC(CCC(O)CC1CCCO1)COCc1ccccc1. The fraction of sp³-hybridized carbons (Fsp3) is 0.800. The summed E-state index contributed by atoms with van der Waals surface area (Å²) in [5, 5.41) is 10.5. The van der Waals surface area contributed by atoms with E-state index >= 15 is 0 Å². The van der Waals surface area contributed by atoms with Crippen LogP contribution in [0.4, 0.5) is 0 Å². The number of ether oxygens (including phenoxy) is 2. The lowest BCUT2D eigenvalue weighted by Crippen LogP contribution is -2.19. The lowest BCUT2D eigenvalue weighted by atomic mass is 9.93. The monoisotopic (exact) mass is 460 g/mol. The molecule has 2 rings (SSSR count). The molecule has 1 fully saturated rings. The molecular formula is C30H52O3. The van der Waals surface area contributed by atoms with Gasteiger partial charge in [0.1, 0.15) is 0 Å². The van der Waals surface area contributed by atoms with Crippen LogP contribution in [0.3, 0.4) is 0 Å². The molecule has 0 aromatic heterocycles. The van der Waals surface area contributed by atoms with E-state index in [0.29, 0.717) is 12.5 Å². The molecule has 0 saturated carbocycles. The molecule has 3 unspecified atom stereocenters. The van der Waals surface area contributed by atoms with Crippen molar-refractivity contribution in [1.29, 1.82) is 0 Å². The Bertz CT molecular complexity index is 541. The first kappa shape index (κ1) is 28.3. The summed E-state index contributed by atoms with van der Waals surface area (Å²) in [5.41, 5.74) is 1.24. The van der Waals surface area contributed by atoms with E-state index in [1.165, 1.54) is 82.6 Å². The summed E-state index contributed by atoms with van der Waals surface area (Å²) in [5.74, 6) is 0.548. The van der Waals surface area contributed by atoms with Crippen molar-refractivity contribution < 1.29 is 14.6 Å². The number of rotatable bonds is 21. The number of hydrogen-bond donors (Lipinski definition) is 1. The zero-order chi connectivity index (χ0) is 23.4. The second kappa shape index (κ2) is 19.4. The third-order valence-corrected chi connectivity index (χ3v) is 7.15. The predicted molar refractivity (Wildman–Crippen MR) is 139 cm³/mol. The summed E-state index contributed by atoms with van der Waals surface area (Å²) in [7, 11) is 0. The van der Waals surface area contributed by atoms with Gasteiger partial charge in [-0.3, -0.25) is 0 Å². The summed E-state index contributed by atoms with van der Waals surface area (Å²) >= 11 is 0. The number of aliphatic hydroxyl groups excluding tert-OH is 1. The average Bonchev–Trinajstić information content (AvgIpc) is 3.34. The van der Waals surface area contributed by atoms with E-state index in [1.54, 1.807) is 0 Å². The topological polar surface area (TPSA) is 38.7 Å². The minimum absolute atomic E-state index is 0.234. The van der Waals surface area contributed by atoms with E-state index in [9.17, 15) is 5.11 Å². The van der Waals surface area contributed by atoms with Crippen molar-refractivity contribution in [2.24, 2.45) is 5.92 Å². The highest BCUT2D eigenvalue weighted by molar-refractivity contribution is 5.13. The Hall–Kier alpha value is -0.900. The van der Waals surface area contributed by atoms with Crippen molar-refractivity contribution >= 4 is 0 Å². The molecular weight excluding hydrogens is 408 g/mol.